The average molecular weight is 184 g/mol. The fourth-order valence-electron chi connectivity index (χ4n) is 2.35. The van der Waals surface area contributed by atoms with Gasteiger partial charge in [0.05, 0.1) is 0 Å². The van der Waals surface area contributed by atoms with Gasteiger partial charge in [-0.1, -0.05) is 27.7 Å². The van der Waals surface area contributed by atoms with Gasteiger partial charge in [-0.2, -0.15) is 0 Å². The fourth-order valence-corrected chi connectivity index (χ4v) is 2.35. The Morgan fingerprint density at radius 3 is 2.31 bits per heavy atom. The molecule has 1 heterocycles. The van der Waals surface area contributed by atoms with Crippen molar-refractivity contribution in [3.8, 4) is 0 Å². The fraction of sp³-hybridized carbons (Fsp3) is 0.909. The molecule has 0 spiro atoms. The molecule has 0 bridgehead atoms. The van der Waals surface area contributed by atoms with Gasteiger partial charge >= 0.3 is 0 Å². The van der Waals surface area contributed by atoms with Crippen LogP contribution in [-0.2, 0) is 9.53 Å². The van der Waals surface area contributed by atoms with Gasteiger partial charge in [0.15, 0.2) is 5.78 Å². The lowest BCUT2D eigenvalue weighted by molar-refractivity contribution is -0.123. The number of rotatable bonds is 0. The van der Waals surface area contributed by atoms with E-state index in [9.17, 15) is 4.79 Å². The van der Waals surface area contributed by atoms with Gasteiger partial charge in [-0.05, 0) is 18.8 Å². The molecule has 76 valence electrons. The number of ether oxygens (including phenoxy) is 1. The van der Waals surface area contributed by atoms with Crippen LogP contribution in [-0.4, -0.2) is 17.5 Å². The number of hydrogen-bond donors (Lipinski definition) is 0. The van der Waals surface area contributed by atoms with Crippen molar-refractivity contribution in [2.24, 2.45) is 5.41 Å². The first-order valence-corrected chi connectivity index (χ1v) is 5.14. The van der Waals surface area contributed by atoms with Gasteiger partial charge in [0.2, 0.25) is 0 Å². The van der Waals surface area contributed by atoms with Crippen LogP contribution in [0.4, 0.5) is 0 Å². The van der Waals surface area contributed by atoms with Crippen LogP contribution in [0.2, 0.25) is 0 Å². The van der Waals surface area contributed by atoms with E-state index in [0.29, 0.717) is 12.2 Å². The Balaban J connectivity index is 0.000000396. The highest BCUT2D eigenvalue weighted by molar-refractivity contribution is 5.88. The lowest BCUT2D eigenvalue weighted by Crippen LogP contribution is -2.34. The summed E-state index contributed by atoms with van der Waals surface area (Å²) in [6, 6.07) is 0. The van der Waals surface area contributed by atoms with Crippen molar-refractivity contribution in [1.29, 1.82) is 0 Å². The van der Waals surface area contributed by atoms with Crippen LogP contribution in [0.5, 0.6) is 0 Å². The molecule has 2 atom stereocenters. The third-order valence-electron chi connectivity index (χ3n) is 2.66. The van der Waals surface area contributed by atoms with Crippen molar-refractivity contribution >= 4 is 5.78 Å². The van der Waals surface area contributed by atoms with Crippen LogP contribution < -0.4 is 0 Å². The molecule has 0 aromatic heterocycles. The zero-order valence-corrected chi connectivity index (χ0v) is 9.31. The normalized spacial score (nSPS) is 40.1. The molecule has 1 aliphatic carbocycles. The summed E-state index contributed by atoms with van der Waals surface area (Å²) in [5.41, 5.74) is 0.0532. The van der Waals surface area contributed by atoms with Crippen LogP contribution >= 0.6 is 0 Å². The van der Waals surface area contributed by atoms with Gasteiger partial charge in [-0.15, -0.1) is 0 Å². The van der Waals surface area contributed by atoms with Gasteiger partial charge < -0.3 is 4.74 Å². The van der Waals surface area contributed by atoms with Gasteiger partial charge in [0.1, 0.15) is 11.7 Å². The lowest BCUT2D eigenvalue weighted by Gasteiger charge is -2.29. The topological polar surface area (TPSA) is 29.6 Å². The molecular formula is C11H20O2. The molecule has 2 fully saturated rings. The zero-order valence-electron chi connectivity index (χ0n) is 9.31. The summed E-state index contributed by atoms with van der Waals surface area (Å²) in [4.78, 5) is 11.3. The molecule has 13 heavy (non-hydrogen) atoms. The van der Waals surface area contributed by atoms with Crippen LogP contribution in [0.25, 0.3) is 0 Å². The minimum Gasteiger partial charge on any atom is -0.358 e. The quantitative estimate of drug-likeness (QED) is 0.541. The molecular weight excluding hydrogens is 164 g/mol. The highest BCUT2D eigenvalue weighted by Crippen LogP contribution is 2.52. The summed E-state index contributed by atoms with van der Waals surface area (Å²) >= 11 is 0. The molecule has 2 aliphatic rings. The number of fused-ring (bicyclic) bond motifs is 1. The van der Waals surface area contributed by atoms with E-state index in [1.165, 1.54) is 0 Å². The minimum atomic E-state index is -0.0984. The number of ketones is 1. The molecule has 0 radical (unpaired) electrons. The van der Waals surface area contributed by atoms with Crippen LogP contribution in [0.3, 0.4) is 0 Å². The van der Waals surface area contributed by atoms with E-state index in [0.717, 1.165) is 6.42 Å². The van der Waals surface area contributed by atoms with Gasteiger partial charge in [0, 0.05) is 6.42 Å². The Kier molecular flexibility index (Phi) is 2.54. The molecule has 1 aliphatic heterocycles. The van der Waals surface area contributed by atoms with E-state index < -0.39 is 0 Å². The lowest BCUT2D eigenvalue weighted by atomic mass is 9.72. The van der Waals surface area contributed by atoms with E-state index in [1.54, 1.807) is 0 Å². The predicted molar refractivity (Wildman–Crippen MR) is 52.6 cm³/mol. The number of hydrogen-bond acceptors (Lipinski definition) is 2. The second-order valence-electron chi connectivity index (χ2n) is 4.79. The Hall–Kier alpha value is -0.370. The zero-order chi connectivity index (χ0) is 10.3. The first-order valence-electron chi connectivity index (χ1n) is 5.14. The Morgan fingerprint density at radius 1 is 1.31 bits per heavy atom. The maximum atomic E-state index is 11.3. The van der Waals surface area contributed by atoms with E-state index in [2.05, 4.69) is 13.8 Å². The molecule has 0 N–H and O–H groups in total. The van der Waals surface area contributed by atoms with Crippen molar-refractivity contribution in [2.45, 2.75) is 59.2 Å². The average Bonchev–Trinajstić information content (AvgIpc) is 2.63. The predicted octanol–water partition coefficient (Wildman–Crippen LogP) is 2.56. The third kappa shape index (κ3) is 1.93. The summed E-state index contributed by atoms with van der Waals surface area (Å²) in [5.74, 6) is 0.295. The second-order valence-corrected chi connectivity index (χ2v) is 4.79. The summed E-state index contributed by atoms with van der Waals surface area (Å²) < 4.78 is 5.36. The van der Waals surface area contributed by atoms with Crippen LogP contribution in [0.15, 0.2) is 0 Å². The highest BCUT2D eigenvalue weighted by atomic mass is 16.6. The van der Waals surface area contributed by atoms with E-state index in [4.69, 9.17) is 4.74 Å². The molecule has 0 amide bonds. The van der Waals surface area contributed by atoms with E-state index in [1.807, 2.05) is 20.8 Å². The number of carbonyl (C=O) groups is 1. The smallest absolute Gasteiger partial charge is 0.165 e. The van der Waals surface area contributed by atoms with E-state index in [-0.39, 0.29) is 17.1 Å². The molecule has 2 heteroatoms. The van der Waals surface area contributed by atoms with Crippen LogP contribution in [0, 0.1) is 5.41 Å². The van der Waals surface area contributed by atoms with Crippen LogP contribution in [0.1, 0.15) is 47.5 Å². The van der Waals surface area contributed by atoms with Crippen molar-refractivity contribution in [2.75, 3.05) is 0 Å². The monoisotopic (exact) mass is 184 g/mol. The van der Waals surface area contributed by atoms with E-state index >= 15 is 0 Å². The first kappa shape index (κ1) is 10.7. The largest absolute Gasteiger partial charge is 0.358 e. The maximum Gasteiger partial charge on any atom is 0.165 e. The van der Waals surface area contributed by atoms with Crippen molar-refractivity contribution < 1.29 is 9.53 Å². The molecule has 0 aromatic rings. The molecule has 1 saturated heterocycles. The highest BCUT2D eigenvalue weighted by Gasteiger charge is 2.62. The van der Waals surface area contributed by atoms with Crippen molar-refractivity contribution in [3.63, 3.8) is 0 Å². The molecule has 0 aromatic carbocycles. The van der Waals surface area contributed by atoms with Gasteiger partial charge in [-0.3, -0.25) is 4.79 Å². The van der Waals surface area contributed by atoms with Gasteiger partial charge in [0.25, 0.3) is 0 Å². The standard InChI is InChI=1S/C9H14O2.C2H6/c1-8(2)4-6(10)7-9(3,5-8)11-7;1-2/h7H,4-5H2,1-3H3;1-2H3. The second kappa shape index (κ2) is 3.09. The Bertz CT molecular complexity index is 217. The Labute approximate surface area is 80.7 Å². The summed E-state index contributed by atoms with van der Waals surface area (Å²) in [5, 5.41) is 0. The molecule has 2 rings (SSSR count). The van der Waals surface area contributed by atoms with Crippen molar-refractivity contribution in [1.82, 2.24) is 0 Å². The number of Topliss-reactive ketones (excluding diaryl/α,β-unsaturated/α-hetero) is 1. The summed E-state index contributed by atoms with van der Waals surface area (Å²) in [6.45, 7) is 10.3. The third-order valence-corrected chi connectivity index (χ3v) is 2.66. The molecule has 1 saturated carbocycles. The summed E-state index contributed by atoms with van der Waals surface area (Å²) in [6.07, 6.45) is 1.65. The molecule has 2 unspecified atom stereocenters. The number of epoxide rings is 1. The number of carbonyl (C=O) groups excluding carboxylic acids is 1. The SMILES string of the molecule is CC.CC1(C)CC(=O)C2OC2(C)C1. The van der Waals surface area contributed by atoms with Gasteiger partial charge in [-0.25, -0.2) is 0 Å². The summed E-state index contributed by atoms with van der Waals surface area (Å²) in [7, 11) is 0. The maximum absolute atomic E-state index is 11.3. The minimum absolute atomic E-state index is 0.0597. The Morgan fingerprint density at radius 2 is 1.85 bits per heavy atom. The first-order chi connectivity index (χ1) is 5.93. The molecule has 2 nitrogen and oxygen atoms in total. The van der Waals surface area contributed by atoms with Crippen molar-refractivity contribution in [3.05, 3.63) is 0 Å².